The van der Waals surface area contributed by atoms with Gasteiger partial charge in [-0.2, -0.15) is 5.26 Å². The molecule has 4 nitrogen and oxygen atoms in total. The Kier molecular flexibility index (Phi) is 3.08. The topological polar surface area (TPSA) is 78.9 Å². The molecule has 1 aromatic carbocycles. The molecule has 0 heterocycles. The van der Waals surface area contributed by atoms with Crippen LogP contribution in [0.4, 0.5) is 5.69 Å². The van der Waals surface area contributed by atoms with Gasteiger partial charge in [-0.25, -0.2) is 0 Å². The van der Waals surface area contributed by atoms with Crippen LogP contribution < -0.4 is 11.1 Å². The molecule has 0 fully saturated rings. The van der Waals surface area contributed by atoms with Gasteiger partial charge in [-0.3, -0.25) is 4.79 Å². The van der Waals surface area contributed by atoms with Crippen molar-refractivity contribution in [1.29, 1.82) is 5.26 Å². The molecule has 0 radical (unpaired) electrons. The quantitative estimate of drug-likeness (QED) is 0.736. The zero-order chi connectivity index (χ0) is 10.6. The van der Waals surface area contributed by atoms with Crippen LogP contribution in [0.3, 0.4) is 0 Å². The Hall–Kier alpha value is -2.02. The van der Waals surface area contributed by atoms with E-state index in [-0.39, 0.29) is 6.54 Å². The van der Waals surface area contributed by atoms with Gasteiger partial charge in [0.2, 0.25) is 5.91 Å². The van der Waals surface area contributed by atoms with E-state index in [2.05, 4.69) is 5.32 Å². The van der Waals surface area contributed by atoms with E-state index < -0.39 is 5.91 Å². The lowest BCUT2D eigenvalue weighted by molar-refractivity contribution is -0.116. The van der Waals surface area contributed by atoms with E-state index in [1.807, 2.05) is 19.1 Å². The molecule has 0 atom stereocenters. The van der Waals surface area contributed by atoms with Gasteiger partial charge in [-0.15, -0.1) is 0 Å². The molecule has 3 N–H and O–H groups in total. The number of primary amides is 1. The summed E-state index contributed by atoms with van der Waals surface area (Å²) in [5.74, 6) is -0.450. The summed E-state index contributed by atoms with van der Waals surface area (Å²) in [6, 6.07) is 7.42. The van der Waals surface area contributed by atoms with Crippen LogP contribution in [-0.4, -0.2) is 12.5 Å². The van der Waals surface area contributed by atoms with Crippen molar-refractivity contribution in [3.05, 3.63) is 29.3 Å². The van der Waals surface area contributed by atoms with Gasteiger partial charge in [0.1, 0.15) is 6.07 Å². The zero-order valence-electron chi connectivity index (χ0n) is 7.87. The minimum absolute atomic E-state index is 0.0394. The summed E-state index contributed by atoms with van der Waals surface area (Å²) in [7, 11) is 0. The maximum atomic E-state index is 10.5. The Balaban J connectivity index is 2.87. The summed E-state index contributed by atoms with van der Waals surface area (Å²) < 4.78 is 0. The first-order chi connectivity index (χ1) is 6.63. The van der Waals surface area contributed by atoms with Crippen LogP contribution >= 0.6 is 0 Å². The van der Waals surface area contributed by atoms with E-state index in [1.54, 1.807) is 12.1 Å². The second-order valence-corrected chi connectivity index (χ2v) is 2.98. The molecule has 72 valence electrons. The highest BCUT2D eigenvalue weighted by atomic mass is 16.1. The maximum absolute atomic E-state index is 10.5. The van der Waals surface area contributed by atoms with Gasteiger partial charge in [0.25, 0.3) is 0 Å². The van der Waals surface area contributed by atoms with Crippen LogP contribution in [0.5, 0.6) is 0 Å². The van der Waals surface area contributed by atoms with Crippen LogP contribution in [0.2, 0.25) is 0 Å². The van der Waals surface area contributed by atoms with E-state index in [1.165, 1.54) is 0 Å². The molecule has 0 saturated carbocycles. The summed E-state index contributed by atoms with van der Waals surface area (Å²) in [6.45, 7) is 1.94. The molecule has 0 aliphatic heterocycles. The fourth-order valence-corrected chi connectivity index (χ4v) is 1.09. The predicted octanol–water partition coefficient (Wildman–Crippen LogP) is 0.764. The zero-order valence-corrected chi connectivity index (χ0v) is 7.87. The van der Waals surface area contributed by atoms with Crippen molar-refractivity contribution >= 4 is 11.6 Å². The van der Waals surface area contributed by atoms with Crippen molar-refractivity contribution in [2.45, 2.75) is 6.92 Å². The number of nitrogens with two attached hydrogens (primary N) is 1. The standard InChI is InChI=1S/C10H11N3O/c1-7-2-3-9(8(4-7)5-11)13-6-10(12)14/h2-4,13H,6H2,1H3,(H2,12,14). The average Bonchev–Trinajstić information content (AvgIpc) is 2.15. The summed E-state index contributed by atoms with van der Waals surface area (Å²) in [5.41, 5.74) is 7.14. The molecule has 0 saturated heterocycles. The van der Waals surface area contributed by atoms with Gasteiger partial charge in [-0.1, -0.05) is 6.07 Å². The lowest BCUT2D eigenvalue weighted by Gasteiger charge is -2.06. The third kappa shape index (κ3) is 2.49. The van der Waals surface area contributed by atoms with Gasteiger partial charge >= 0.3 is 0 Å². The van der Waals surface area contributed by atoms with Crippen LogP contribution in [0.1, 0.15) is 11.1 Å². The van der Waals surface area contributed by atoms with Crippen molar-refractivity contribution < 1.29 is 4.79 Å². The highest BCUT2D eigenvalue weighted by Crippen LogP contribution is 2.15. The van der Waals surface area contributed by atoms with E-state index in [0.29, 0.717) is 11.3 Å². The van der Waals surface area contributed by atoms with Crippen LogP contribution in [-0.2, 0) is 4.79 Å². The fraction of sp³-hybridized carbons (Fsp3) is 0.200. The number of hydrogen-bond acceptors (Lipinski definition) is 3. The molecule has 1 rings (SSSR count). The van der Waals surface area contributed by atoms with Crippen molar-refractivity contribution in [2.24, 2.45) is 5.73 Å². The number of carbonyl (C=O) groups is 1. The van der Waals surface area contributed by atoms with Gasteiger partial charge in [0.15, 0.2) is 0 Å². The monoisotopic (exact) mass is 189 g/mol. The maximum Gasteiger partial charge on any atom is 0.236 e. The number of rotatable bonds is 3. The molecule has 14 heavy (non-hydrogen) atoms. The van der Waals surface area contributed by atoms with Crippen molar-refractivity contribution in [2.75, 3.05) is 11.9 Å². The minimum atomic E-state index is -0.450. The fourth-order valence-electron chi connectivity index (χ4n) is 1.09. The molecule has 0 aliphatic rings. The number of amides is 1. The van der Waals surface area contributed by atoms with Gasteiger partial charge in [-0.05, 0) is 24.6 Å². The number of hydrogen-bond donors (Lipinski definition) is 2. The first kappa shape index (κ1) is 10.1. The molecule has 0 aliphatic carbocycles. The summed E-state index contributed by atoms with van der Waals surface area (Å²) >= 11 is 0. The normalized spacial score (nSPS) is 9.14. The molecule has 0 spiro atoms. The number of nitrogens with one attached hydrogen (secondary N) is 1. The van der Waals surface area contributed by atoms with Gasteiger partial charge in [0, 0.05) is 0 Å². The van der Waals surface area contributed by atoms with Gasteiger partial charge < -0.3 is 11.1 Å². The number of benzene rings is 1. The first-order valence-electron chi connectivity index (χ1n) is 4.16. The largest absolute Gasteiger partial charge is 0.375 e. The van der Waals surface area contributed by atoms with E-state index in [9.17, 15) is 4.79 Å². The molecule has 4 heteroatoms. The Labute approximate surface area is 82.3 Å². The summed E-state index contributed by atoms with van der Waals surface area (Å²) in [5, 5.41) is 11.6. The lowest BCUT2D eigenvalue weighted by atomic mass is 10.1. The molecule has 1 aromatic rings. The predicted molar refractivity (Wildman–Crippen MR) is 53.6 cm³/mol. The van der Waals surface area contributed by atoms with E-state index in [4.69, 9.17) is 11.0 Å². The van der Waals surface area contributed by atoms with Crippen LogP contribution in [0, 0.1) is 18.3 Å². The van der Waals surface area contributed by atoms with Crippen molar-refractivity contribution in [3.63, 3.8) is 0 Å². The molecular formula is C10H11N3O. The minimum Gasteiger partial charge on any atom is -0.375 e. The second kappa shape index (κ2) is 4.28. The highest BCUT2D eigenvalue weighted by molar-refractivity contribution is 5.79. The number of anilines is 1. The van der Waals surface area contributed by atoms with Gasteiger partial charge in [0.05, 0.1) is 17.8 Å². The van der Waals surface area contributed by atoms with Crippen molar-refractivity contribution in [3.8, 4) is 6.07 Å². The first-order valence-corrected chi connectivity index (χ1v) is 4.16. The number of aryl methyl sites for hydroxylation is 1. The number of nitriles is 1. The summed E-state index contributed by atoms with van der Waals surface area (Å²) in [6.07, 6.45) is 0. The Bertz CT molecular complexity index is 393. The van der Waals surface area contributed by atoms with Crippen LogP contribution in [0.25, 0.3) is 0 Å². The second-order valence-electron chi connectivity index (χ2n) is 2.98. The Morgan fingerprint density at radius 1 is 1.64 bits per heavy atom. The van der Waals surface area contributed by atoms with E-state index >= 15 is 0 Å². The number of carbonyl (C=O) groups excluding carboxylic acids is 1. The average molecular weight is 189 g/mol. The Morgan fingerprint density at radius 2 is 2.36 bits per heavy atom. The van der Waals surface area contributed by atoms with Crippen molar-refractivity contribution in [1.82, 2.24) is 0 Å². The molecule has 0 bridgehead atoms. The molecule has 0 unspecified atom stereocenters. The lowest BCUT2D eigenvalue weighted by Crippen LogP contribution is -2.22. The van der Waals surface area contributed by atoms with E-state index in [0.717, 1.165) is 5.56 Å². The Morgan fingerprint density at radius 3 is 2.93 bits per heavy atom. The smallest absolute Gasteiger partial charge is 0.236 e. The third-order valence-corrected chi connectivity index (χ3v) is 1.75. The highest BCUT2D eigenvalue weighted by Gasteiger charge is 2.02. The summed E-state index contributed by atoms with van der Waals surface area (Å²) in [4.78, 5) is 10.5. The molecular weight excluding hydrogens is 178 g/mol. The van der Waals surface area contributed by atoms with Crippen LogP contribution in [0.15, 0.2) is 18.2 Å². The number of nitrogens with zero attached hydrogens (tertiary/aromatic N) is 1. The molecule has 1 amide bonds. The molecule has 0 aromatic heterocycles. The SMILES string of the molecule is Cc1ccc(NCC(N)=O)c(C#N)c1. The third-order valence-electron chi connectivity index (χ3n) is 1.75.